The first-order chi connectivity index (χ1) is 8.24. The summed E-state index contributed by atoms with van der Waals surface area (Å²) >= 11 is 0. The van der Waals surface area contributed by atoms with Crippen LogP contribution in [0.4, 0.5) is 11.5 Å². The zero-order valence-corrected chi connectivity index (χ0v) is 10.5. The molecule has 0 aliphatic heterocycles. The van der Waals surface area contributed by atoms with Crippen LogP contribution < -0.4 is 11.1 Å². The highest BCUT2D eigenvalue weighted by Crippen LogP contribution is 2.11. The molecule has 0 amide bonds. The highest BCUT2D eigenvalue weighted by molar-refractivity contribution is 5.48. The number of hydrogen-bond donors (Lipinski definition) is 2. The fourth-order valence-electron chi connectivity index (χ4n) is 1.31. The van der Waals surface area contributed by atoms with E-state index in [2.05, 4.69) is 10.3 Å². The van der Waals surface area contributed by atoms with Gasteiger partial charge in [-0.3, -0.25) is 0 Å². The monoisotopic (exact) mass is 239 g/mol. The third-order valence-electron chi connectivity index (χ3n) is 2.33. The minimum atomic E-state index is 0.645. The van der Waals surface area contributed by atoms with Crippen molar-refractivity contribution in [2.24, 2.45) is 0 Å². The van der Waals surface area contributed by atoms with Gasteiger partial charge in [-0.25, -0.2) is 4.98 Å². The summed E-state index contributed by atoms with van der Waals surface area (Å²) < 4.78 is 10.2. The molecule has 96 valence electrons. The summed E-state index contributed by atoms with van der Waals surface area (Å²) in [6.07, 6.45) is 0.939. The van der Waals surface area contributed by atoms with Crippen molar-refractivity contribution in [1.82, 2.24) is 4.98 Å². The van der Waals surface area contributed by atoms with Crippen LogP contribution in [0.5, 0.6) is 0 Å². The molecule has 0 aliphatic rings. The van der Waals surface area contributed by atoms with Crippen molar-refractivity contribution >= 4 is 11.5 Å². The van der Waals surface area contributed by atoms with Crippen molar-refractivity contribution in [1.29, 1.82) is 0 Å². The Kier molecular flexibility index (Phi) is 6.35. The largest absolute Gasteiger partial charge is 0.397 e. The second kappa shape index (κ2) is 7.86. The van der Waals surface area contributed by atoms with Crippen LogP contribution >= 0.6 is 0 Å². The first-order valence-electron chi connectivity index (χ1n) is 5.77. The quantitative estimate of drug-likeness (QED) is 0.672. The Morgan fingerprint density at radius 3 is 2.82 bits per heavy atom. The summed E-state index contributed by atoms with van der Waals surface area (Å²) in [4.78, 5) is 4.32. The van der Waals surface area contributed by atoms with E-state index >= 15 is 0 Å². The van der Waals surface area contributed by atoms with Crippen LogP contribution in [0, 0.1) is 6.92 Å². The van der Waals surface area contributed by atoms with Crippen molar-refractivity contribution in [3.8, 4) is 0 Å². The second-order valence-electron chi connectivity index (χ2n) is 3.76. The lowest BCUT2D eigenvalue weighted by Gasteiger charge is -2.07. The molecule has 1 heterocycles. The van der Waals surface area contributed by atoms with Gasteiger partial charge in [0.25, 0.3) is 0 Å². The predicted octanol–water partition coefficient (Wildman–Crippen LogP) is 1.44. The maximum Gasteiger partial charge on any atom is 0.126 e. The lowest BCUT2D eigenvalue weighted by atomic mass is 10.3. The van der Waals surface area contributed by atoms with Crippen LogP contribution in [0.3, 0.4) is 0 Å². The van der Waals surface area contributed by atoms with Crippen molar-refractivity contribution < 1.29 is 9.47 Å². The van der Waals surface area contributed by atoms with Crippen molar-refractivity contribution in [3.05, 3.63) is 17.8 Å². The maximum absolute atomic E-state index is 5.69. The smallest absolute Gasteiger partial charge is 0.126 e. The van der Waals surface area contributed by atoms with E-state index in [0.29, 0.717) is 13.2 Å². The zero-order chi connectivity index (χ0) is 12.5. The van der Waals surface area contributed by atoms with Crippen molar-refractivity contribution in [3.63, 3.8) is 0 Å². The minimum absolute atomic E-state index is 0.645. The number of hydrogen-bond acceptors (Lipinski definition) is 5. The van der Waals surface area contributed by atoms with E-state index in [0.717, 1.165) is 36.8 Å². The summed E-state index contributed by atoms with van der Waals surface area (Å²) in [5, 5.41) is 3.23. The van der Waals surface area contributed by atoms with Gasteiger partial charge in [0.1, 0.15) is 5.82 Å². The van der Waals surface area contributed by atoms with Crippen molar-refractivity contribution in [2.45, 2.75) is 13.3 Å². The number of nitrogens with zero attached hydrogens (tertiary/aromatic N) is 1. The molecule has 17 heavy (non-hydrogen) atoms. The molecular formula is C12H21N3O2. The van der Waals surface area contributed by atoms with E-state index in [4.69, 9.17) is 15.2 Å². The van der Waals surface area contributed by atoms with E-state index in [1.807, 2.05) is 19.1 Å². The molecule has 0 bridgehead atoms. The fraction of sp³-hybridized carbons (Fsp3) is 0.583. The number of aryl methyl sites for hydroxylation is 1. The Balaban J connectivity index is 2.11. The molecule has 3 N–H and O–H groups in total. The standard InChI is InChI=1S/C12H21N3O2/c1-10-11(13)4-5-12(15-10)14-6-3-7-17-9-8-16-2/h4-5H,3,6-9,13H2,1-2H3,(H,14,15). The molecule has 0 radical (unpaired) electrons. The molecule has 5 nitrogen and oxygen atoms in total. The Labute approximate surface area is 102 Å². The molecule has 0 aliphatic carbocycles. The number of rotatable bonds is 8. The summed E-state index contributed by atoms with van der Waals surface area (Å²) in [5.41, 5.74) is 7.26. The van der Waals surface area contributed by atoms with Gasteiger partial charge in [0.2, 0.25) is 0 Å². The number of pyridine rings is 1. The number of methoxy groups -OCH3 is 1. The summed E-state index contributed by atoms with van der Waals surface area (Å²) in [6, 6.07) is 3.74. The summed E-state index contributed by atoms with van der Waals surface area (Å²) in [7, 11) is 1.67. The second-order valence-corrected chi connectivity index (χ2v) is 3.76. The molecule has 1 aromatic heterocycles. The van der Waals surface area contributed by atoms with Crippen LogP contribution in [0.2, 0.25) is 0 Å². The van der Waals surface area contributed by atoms with E-state index in [1.165, 1.54) is 0 Å². The minimum Gasteiger partial charge on any atom is -0.397 e. The molecule has 1 rings (SSSR count). The third kappa shape index (κ3) is 5.51. The Morgan fingerprint density at radius 2 is 2.12 bits per heavy atom. The fourth-order valence-corrected chi connectivity index (χ4v) is 1.31. The number of nitrogen functional groups attached to an aromatic ring is 1. The molecule has 0 saturated heterocycles. The third-order valence-corrected chi connectivity index (χ3v) is 2.33. The molecule has 0 saturated carbocycles. The first-order valence-corrected chi connectivity index (χ1v) is 5.77. The molecule has 0 spiro atoms. The van der Waals surface area contributed by atoms with Gasteiger partial charge in [0.05, 0.1) is 24.6 Å². The van der Waals surface area contributed by atoms with Gasteiger partial charge in [-0.05, 0) is 25.5 Å². The van der Waals surface area contributed by atoms with Gasteiger partial charge in [0, 0.05) is 20.3 Å². The summed E-state index contributed by atoms with van der Waals surface area (Å²) in [6.45, 7) is 4.75. The van der Waals surface area contributed by atoms with Gasteiger partial charge in [-0.15, -0.1) is 0 Å². The van der Waals surface area contributed by atoms with Crippen LogP contribution in [0.1, 0.15) is 12.1 Å². The van der Waals surface area contributed by atoms with Gasteiger partial charge < -0.3 is 20.5 Å². The molecule has 0 unspecified atom stereocenters. The SMILES string of the molecule is COCCOCCCNc1ccc(N)c(C)n1. The predicted molar refractivity (Wildman–Crippen MR) is 69.2 cm³/mol. The van der Waals surface area contributed by atoms with Crippen LogP contribution in [-0.4, -0.2) is 38.5 Å². The van der Waals surface area contributed by atoms with Gasteiger partial charge in [-0.2, -0.15) is 0 Å². The number of ether oxygens (including phenoxy) is 2. The lowest BCUT2D eigenvalue weighted by Crippen LogP contribution is -2.09. The molecule has 0 fully saturated rings. The highest BCUT2D eigenvalue weighted by atomic mass is 16.5. The molecule has 1 aromatic rings. The Bertz CT molecular complexity index is 332. The van der Waals surface area contributed by atoms with Crippen LogP contribution in [-0.2, 0) is 9.47 Å². The molecule has 0 aromatic carbocycles. The van der Waals surface area contributed by atoms with Crippen molar-refractivity contribution in [2.75, 3.05) is 44.5 Å². The van der Waals surface area contributed by atoms with Gasteiger partial charge in [-0.1, -0.05) is 0 Å². The lowest BCUT2D eigenvalue weighted by molar-refractivity contribution is 0.0705. The first kappa shape index (κ1) is 13.7. The Morgan fingerprint density at radius 1 is 1.29 bits per heavy atom. The number of nitrogens with two attached hydrogens (primary N) is 1. The number of nitrogens with one attached hydrogen (secondary N) is 1. The van der Waals surface area contributed by atoms with E-state index in [1.54, 1.807) is 7.11 Å². The maximum atomic E-state index is 5.69. The molecule has 0 atom stereocenters. The Hall–Kier alpha value is -1.33. The topological polar surface area (TPSA) is 69.4 Å². The normalized spacial score (nSPS) is 10.5. The average Bonchev–Trinajstić information content (AvgIpc) is 2.32. The van der Waals surface area contributed by atoms with E-state index < -0.39 is 0 Å². The van der Waals surface area contributed by atoms with Gasteiger partial charge in [0.15, 0.2) is 0 Å². The van der Waals surface area contributed by atoms with E-state index in [-0.39, 0.29) is 0 Å². The average molecular weight is 239 g/mol. The van der Waals surface area contributed by atoms with Gasteiger partial charge >= 0.3 is 0 Å². The molecular weight excluding hydrogens is 218 g/mol. The number of anilines is 2. The van der Waals surface area contributed by atoms with Crippen LogP contribution in [0.25, 0.3) is 0 Å². The highest BCUT2D eigenvalue weighted by Gasteiger charge is 1.97. The van der Waals surface area contributed by atoms with E-state index in [9.17, 15) is 0 Å². The number of aromatic nitrogens is 1. The molecule has 5 heteroatoms. The zero-order valence-electron chi connectivity index (χ0n) is 10.5. The van der Waals surface area contributed by atoms with Crippen LogP contribution in [0.15, 0.2) is 12.1 Å². The summed E-state index contributed by atoms with van der Waals surface area (Å²) in [5.74, 6) is 0.855.